The Morgan fingerprint density at radius 1 is 1.50 bits per heavy atom. The van der Waals surface area contributed by atoms with Crippen LogP contribution >= 0.6 is 11.3 Å². The minimum absolute atomic E-state index is 0.216. The maximum atomic E-state index is 9.81. The van der Waals surface area contributed by atoms with Crippen molar-refractivity contribution >= 4 is 16.5 Å². The first-order valence-electron chi connectivity index (χ1n) is 4.77. The fourth-order valence-corrected chi connectivity index (χ4v) is 2.67. The zero-order valence-electron chi connectivity index (χ0n) is 8.69. The average Bonchev–Trinajstić information content (AvgIpc) is 2.60. The largest absolute Gasteiger partial charge is 0.391 e. The number of aliphatic hydroxyl groups is 1. The summed E-state index contributed by atoms with van der Waals surface area (Å²) >= 11 is 1.58. The molecular formula is C9H15N3OS. The van der Waals surface area contributed by atoms with Crippen LogP contribution in [0.3, 0.4) is 0 Å². The molecule has 4 nitrogen and oxygen atoms in total. The third-order valence-corrected chi connectivity index (χ3v) is 3.75. The fraction of sp³-hybridized carbons (Fsp3) is 0.778. The molecule has 1 N–H and O–H groups in total. The molecule has 0 saturated carbocycles. The van der Waals surface area contributed by atoms with Crippen molar-refractivity contribution in [3.8, 4) is 0 Å². The predicted octanol–water partition coefficient (Wildman–Crippen LogP) is 1.20. The smallest absolute Gasteiger partial charge is 0.208 e. The second-order valence-electron chi connectivity index (χ2n) is 4.21. The number of nitrogens with zero attached hydrogens (tertiary/aromatic N) is 3. The first-order valence-corrected chi connectivity index (χ1v) is 5.59. The Hall–Kier alpha value is -0.680. The molecule has 0 aliphatic carbocycles. The third kappa shape index (κ3) is 1.40. The van der Waals surface area contributed by atoms with E-state index in [1.807, 2.05) is 20.8 Å². The Bertz CT molecular complexity index is 337. The highest BCUT2D eigenvalue weighted by atomic mass is 32.1. The molecule has 78 valence electrons. The van der Waals surface area contributed by atoms with Crippen LogP contribution < -0.4 is 4.90 Å². The normalized spacial score (nSPS) is 25.7. The van der Waals surface area contributed by atoms with E-state index in [9.17, 15) is 5.11 Å². The second-order valence-corrected chi connectivity index (χ2v) is 5.37. The van der Waals surface area contributed by atoms with Gasteiger partial charge >= 0.3 is 0 Å². The van der Waals surface area contributed by atoms with Crippen molar-refractivity contribution in [1.82, 2.24) is 10.2 Å². The van der Waals surface area contributed by atoms with Gasteiger partial charge in [-0.15, -0.1) is 10.2 Å². The Labute approximate surface area is 87.6 Å². The van der Waals surface area contributed by atoms with Crippen LogP contribution in [0.25, 0.3) is 0 Å². The summed E-state index contributed by atoms with van der Waals surface area (Å²) in [6.45, 7) is 6.90. The summed E-state index contributed by atoms with van der Waals surface area (Å²) in [4.78, 5) is 2.14. The number of aromatic nitrogens is 2. The van der Waals surface area contributed by atoms with Crippen LogP contribution in [0.1, 0.15) is 25.3 Å². The molecule has 0 aromatic carbocycles. The molecule has 0 amide bonds. The SMILES string of the molecule is Cc1nnc(N2CCC(O)C2(C)C)s1. The van der Waals surface area contributed by atoms with E-state index in [0.717, 1.165) is 23.1 Å². The number of anilines is 1. The maximum Gasteiger partial charge on any atom is 0.208 e. The minimum Gasteiger partial charge on any atom is -0.391 e. The van der Waals surface area contributed by atoms with Crippen LogP contribution in [0.5, 0.6) is 0 Å². The van der Waals surface area contributed by atoms with E-state index in [1.165, 1.54) is 0 Å². The van der Waals surface area contributed by atoms with Crippen molar-refractivity contribution in [2.75, 3.05) is 11.4 Å². The van der Waals surface area contributed by atoms with Gasteiger partial charge in [0.25, 0.3) is 0 Å². The number of aliphatic hydroxyl groups excluding tert-OH is 1. The molecule has 1 fully saturated rings. The van der Waals surface area contributed by atoms with Gasteiger partial charge in [0.1, 0.15) is 5.01 Å². The van der Waals surface area contributed by atoms with Crippen LogP contribution in [0.4, 0.5) is 5.13 Å². The molecule has 14 heavy (non-hydrogen) atoms. The van der Waals surface area contributed by atoms with Gasteiger partial charge in [-0.25, -0.2) is 0 Å². The van der Waals surface area contributed by atoms with Gasteiger partial charge in [-0.1, -0.05) is 11.3 Å². The molecule has 1 aliphatic heterocycles. The van der Waals surface area contributed by atoms with Gasteiger partial charge in [-0.3, -0.25) is 0 Å². The molecule has 2 heterocycles. The minimum atomic E-state index is -0.272. The Morgan fingerprint density at radius 2 is 2.21 bits per heavy atom. The van der Waals surface area contributed by atoms with Crippen LogP contribution in [0, 0.1) is 6.92 Å². The van der Waals surface area contributed by atoms with Crippen molar-refractivity contribution in [3.05, 3.63) is 5.01 Å². The van der Waals surface area contributed by atoms with Crippen molar-refractivity contribution in [2.24, 2.45) is 0 Å². The molecule has 1 atom stereocenters. The van der Waals surface area contributed by atoms with Gasteiger partial charge in [0.2, 0.25) is 5.13 Å². The lowest BCUT2D eigenvalue weighted by Crippen LogP contribution is -2.45. The molecule has 1 aromatic heterocycles. The van der Waals surface area contributed by atoms with Gasteiger partial charge < -0.3 is 10.0 Å². The van der Waals surface area contributed by atoms with Gasteiger partial charge in [-0.2, -0.15) is 0 Å². The topological polar surface area (TPSA) is 49.2 Å². The summed E-state index contributed by atoms with van der Waals surface area (Å²) in [7, 11) is 0. The summed E-state index contributed by atoms with van der Waals surface area (Å²) in [5.74, 6) is 0. The van der Waals surface area contributed by atoms with Gasteiger partial charge in [0.05, 0.1) is 11.6 Å². The highest BCUT2D eigenvalue weighted by Gasteiger charge is 2.41. The van der Waals surface area contributed by atoms with Crippen molar-refractivity contribution in [1.29, 1.82) is 0 Å². The molecule has 1 saturated heterocycles. The lowest BCUT2D eigenvalue weighted by Gasteiger charge is -2.33. The number of hydrogen-bond acceptors (Lipinski definition) is 5. The molecule has 0 radical (unpaired) electrons. The monoisotopic (exact) mass is 213 g/mol. The van der Waals surface area contributed by atoms with E-state index in [1.54, 1.807) is 11.3 Å². The number of aryl methyl sites for hydroxylation is 1. The van der Waals surface area contributed by atoms with Crippen LogP contribution in [0.2, 0.25) is 0 Å². The Balaban J connectivity index is 2.28. The molecule has 2 rings (SSSR count). The van der Waals surface area contributed by atoms with Crippen LogP contribution in [-0.2, 0) is 0 Å². The van der Waals surface area contributed by atoms with E-state index in [0.29, 0.717) is 0 Å². The Morgan fingerprint density at radius 3 is 2.64 bits per heavy atom. The lowest BCUT2D eigenvalue weighted by atomic mass is 9.99. The first-order chi connectivity index (χ1) is 6.51. The molecule has 1 aliphatic rings. The highest BCUT2D eigenvalue weighted by Crippen LogP contribution is 2.35. The van der Waals surface area contributed by atoms with Crippen LogP contribution in [-0.4, -0.2) is 33.5 Å². The van der Waals surface area contributed by atoms with Gasteiger partial charge in [0, 0.05) is 6.54 Å². The summed E-state index contributed by atoms with van der Waals surface area (Å²) in [5, 5.41) is 19.8. The zero-order chi connectivity index (χ0) is 10.3. The standard InChI is InChI=1S/C9H15N3OS/c1-6-10-11-8(14-6)12-5-4-7(13)9(12,2)3/h7,13H,4-5H2,1-3H3. The van der Waals surface area contributed by atoms with Gasteiger partial charge in [0.15, 0.2) is 0 Å². The zero-order valence-corrected chi connectivity index (χ0v) is 9.51. The van der Waals surface area contributed by atoms with E-state index < -0.39 is 0 Å². The summed E-state index contributed by atoms with van der Waals surface area (Å²) in [5.41, 5.74) is -0.216. The van der Waals surface area contributed by atoms with Gasteiger partial charge in [-0.05, 0) is 27.2 Å². The maximum absolute atomic E-state index is 9.81. The Kier molecular flexibility index (Phi) is 2.23. The summed E-state index contributed by atoms with van der Waals surface area (Å²) in [6.07, 6.45) is 0.540. The van der Waals surface area contributed by atoms with Crippen molar-refractivity contribution in [3.63, 3.8) is 0 Å². The van der Waals surface area contributed by atoms with E-state index in [4.69, 9.17) is 0 Å². The van der Waals surface area contributed by atoms with Crippen molar-refractivity contribution < 1.29 is 5.11 Å². The van der Waals surface area contributed by atoms with E-state index >= 15 is 0 Å². The lowest BCUT2D eigenvalue weighted by molar-refractivity contribution is 0.127. The quantitative estimate of drug-likeness (QED) is 0.761. The molecule has 1 unspecified atom stereocenters. The summed E-state index contributed by atoms with van der Waals surface area (Å²) in [6, 6.07) is 0. The molecule has 0 bridgehead atoms. The number of hydrogen-bond donors (Lipinski definition) is 1. The second kappa shape index (κ2) is 3.17. The molecule has 1 aromatic rings. The van der Waals surface area contributed by atoms with E-state index in [2.05, 4.69) is 15.1 Å². The number of rotatable bonds is 1. The summed E-state index contributed by atoms with van der Waals surface area (Å²) < 4.78 is 0. The molecule has 0 spiro atoms. The predicted molar refractivity (Wildman–Crippen MR) is 56.7 cm³/mol. The fourth-order valence-electron chi connectivity index (χ4n) is 1.81. The van der Waals surface area contributed by atoms with E-state index in [-0.39, 0.29) is 11.6 Å². The van der Waals surface area contributed by atoms with Crippen molar-refractivity contribution in [2.45, 2.75) is 38.8 Å². The molecule has 5 heteroatoms. The third-order valence-electron chi connectivity index (χ3n) is 2.88. The molecular weight excluding hydrogens is 198 g/mol. The highest BCUT2D eigenvalue weighted by molar-refractivity contribution is 7.15. The average molecular weight is 213 g/mol. The first kappa shape index (κ1) is 9.86. The van der Waals surface area contributed by atoms with Crippen LogP contribution in [0.15, 0.2) is 0 Å².